The molecule has 6 heteroatoms. The fourth-order valence-electron chi connectivity index (χ4n) is 1.63. The summed E-state index contributed by atoms with van der Waals surface area (Å²) < 4.78 is 0. The summed E-state index contributed by atoms with van der Waals surface area (Å²) >= 11 is 0. The first kappa shape index (κ1) is 13.5. The van der Waals surface area contributed by atoms with Crippen LogP contribution in [0.2, 0.25) is 0 Å². The highest BCUT2D eigenvalue weighted by molar-refractivity contribution is 5.92. The lowest BCUT2D eigenvalue weighted by Gasteiger charge is -2.06. The summed E-state index contributed by atoms with van der Waals surface area (Å²) in [6.07, 6.45) is 1.40. The molecule has 2 rings (SSSR count). The van der Waals surface area contributed by atoms with Gasteiger partial charge in [0.05, 0.1) is 17.4 Å². The molecular weight excluding hydrogens is 258 g/mol. The zero-order chi connectivity index (χ0) is 14.5. The molecule has 102 valence electrons. The van der Waals surface area contributed by atoms with Crippen molar-refractivity contribution >= 4 is 17.6 Å². The third-order valence-corrected chi connectivity index (χ3v) is 2.65. The number of carbonyl (C=O) groups is 2. The van der Waals surface area contributed by atoms with Crippen molar-refractivity contribution < 1.29 is 14.7 Å². The van der Waals surface area contributed by atoms with Gasteiger partial charge in [-0.15, -0.1) is 0 Å². The van der Waals surface area contributed by atoms with E-state index in [1.807, 2.05) is 0 Å². The van der Waals surface area contributed by atoms with Crippen LogP contribution in [0.4, 0.5) is 5.69 Å². The summed E-state index contributed by atoms with van der Waals surface area (Å²) in [7, 11) is 0. The fourth-order valence-corrected chi connectivity index (χ4v) is 1.63. The zero-order valence-electron chi connectivity index (χ0n) is 10.5. The summed E-state index contributed by atoms with van der Waals surface area (Å²) in [5, 5.41) is 11.5. The summed E-state index contributed by atoms with van der Waals surface area (Å²) in [6, 6.07) is 9.50. The second-order valence-electron chi connectivity index (χ2n) is 4.16. The summed E-state index contributed by atoms with van der Waals surface area (Å²) in [6.45, 7) is 0.228. The molecule has 0 aliphatic heterocycles. The first-order valence-corrected chi connectivity index (χ1v) is 5.88. The minimum absolute atomic E-state index is 0.183. The Bertz CT molecular complexity index is 638. The van der Waals surface area contributed by atoms with Crippen molar-refractivity contribution in [3.05, 3.63) is 59.4 Å². The lowest BCUT2D eigenvalue weighted by Crippen LogP contribution is -2.23. The highest BCUT2D eigenvalue weighted by Gasteiger charge is 2.07. The van der Waals surface area contributed by atoms with Gasteiger partial charge in [-0.1, -0.05) is 12.1 Å². The number of hydrogen-bond acceptors (Lipinski definition) is 4. The van der Waals surface area contributed by atoms with Gasteiger partial charge in [0.2, 0.25) is 0 Å². The predicted molar refractivity (Wildman–Crippen MR) is 73.2 cm³/mol. The Morgan fingerprint density at radius 2 is 2.05 bits per heavy atom. The summed E-state index contributed by atoms with van der Waals surface area (Å²) in [5.74, 6) is -1.34. The maximum absolute atomic E-state index is 11.8. The van der Waals surface area contributed by atoms with Crippen molar-refractivity contribution in [3.8, 4) is 0 Å². The van der Waals surface area contributed by atoms with Crippen LogP contribution in [-0.2, 0) is 6.54 Å². The van der Waals surface area contributed by atoms with Crippen molar-refractivity contribution in [2.24, 2.45) is 0 Å². The van der Waals surface area contributed by atoms with Crippen LogP contribution in [0.5, 0.6) is 0 Å². The van der Waals surface area contributed by atoms with Gasteiger partial charge in [0.1, 0.15) is 5.69 Å². The van der Waals surface area contributed by atoms with E-state index in [2.05, 4.69) is 10.3 Å². The molecule has 0 unspecified atom stereocenters. The van der Waals surface area contributed by atoms with Gasteiger partial charge in [-0.25, -0.2) is 9.78 Å². The van der Waals surface area contributed by atoms with Gasteiger partial charge in [0.25, 0.3) is 5.91 Å². The maximum Gasteiger partial charge on any atom is 0.335 e. The van der Waals surface area contributed by atoms with Crippen molar-refractivity contribution in [2.45, 2.75) is 6.54 Å². The van der Waals surface area contributed by atoms with E-state index in [-0.39, 0.29) is 23.7 Å². The number of benzene rings is 1. The number of amides is 1. The van der Waals surface area contributed by atoms with Crippen LogP contribution in [0.25, 0.3) is 0 Å². The number of nitrogens with one attached hydrogen (secondary N) is 1. The predicted octanol–water partition coefficient (Wildman–Crippen LogP) is 1.29. The molecule has 20 heavy (non-hydrogen) atoms. The van der Waals surface area contributed by atoms with Crippen molar-refractivity contribution in [1.82, 2.24) is 10.3 Å². The van der Waals surface area contributed by atoms with E-state index >= 15 is 0 Å². The van der Waals surface area contributed by atoms with Gasteiger partial charge in [-0.05, 0) is 29.8 Å². The second-order valence-corrected chi connectivity index (χ2v) is 4.16. The van der Waals surface area contributed by atoms with Crippen molar-refractivity contribution in [2.75, 3.05) is 5.73 Å². The molecule has 0 atom stereocenters. The molecule has 1 aromatic heterocycles. The molecule has 0 spiro atoms. The summed E-state index contributed by atoms with van der Waals surface area (Å²) in [5.41, 5.74) is 7.11. The van der Waals surface area contributed by atoms with Gasteiger partial charge in [0.15, 0.2) is 0 Å². The van der Waals surface area contributed by atoms with E-state index in [4.69, 9.17) is 10.8 Å². The Morgan fingerprint density at radius 1 is 1.25 bits per heavy atom. The maximum atomic E-state index is 11.8. The van der Waals surface area contributed by atoms with Gasteiger partial charge in [-0.3, -0.25) is 4.79 Å². The molecular formula is C14H13N3O3. The smallest absolute Gasteiger partial charge is 0.335 e. The zero-order valence-corrected chi connectivity index (χ0v) is 10.5. The second kappa shape index (κ2) is 5.83. The number of rotatable bonds is 4. The Labute approximate surface area is 115 Å². The molecule has 1 amide bonds. The van der Waals surface area contributed by atoms with Gasteiger partial charge >= 0.3 is 5.97 Å². The van der Waals surface area contributed by atoms with E-state index in [0.29, 0.717) is 11.3 Å². The molecule has 2 aromatic rings. The number of pyridine rings is 1. The number of nitrogen functional groups attached to an aromatic ring is 1. The molecule has 0 saturated heterocycles. The Kier molecular flexibility index (Phi) is 3.95. The monoisotopic (exact) mass is 271 g/mol. The molecule has 4 N–H and O–H groups in total. The number of nitrogens with zero attached hydrogens (tertiary/aromatic N) is 1. The van der Waals surface area contributed by atoms with E-state index in [0.717, 1.165) is 0 Å². The van der Waals surface area contributed by atoms with Gasteiger partial charge in [-0.2, -0.15) is 0 Å². The van der Waals surface area contributed by atoms with Crippen LogP contribution in [0.15, 0.2) is 42.6 Å². The van der Waals surface area contributed by atoms with E-state index in [1.54, 1.807) is 18.2 Å². The molecule has 0 saturated carbocycles. The molecule has 0 aliphatic rings. The average Bonchev–Trinajstić information content (AvgIpc) is 2.46. The first-order chi connectivity index (χ1) is 9.56. The molecule has 0 radical (unpaired) electrons. The topological polar surface area (TPSA) is 105 Å². The minimum Gasteiger partial charge on any atom is -0.478 e. The Morgan fingerprint density at radius 3 is 2.70 bits per heavy atom. The minimum atomic E-state index is -1.00. The van der Waals surface area contributed by atoms with Gasteiger partial charge in [0, 0.05) is 6.54 Å². The highest BCUT2D eigenvalue weighted by atomic mass is 16.4. The average molecular weight is 271 g/mol. The standard InChI is InChI=1S/C14H13N3O3/c15-11-4-5-12(16-8-11)13(18)17-7-9-2-1-3-10(6-9)14(19)20/h1-6,8H,7,15H2,(H,17,18)(H,19,20). The third kappa shape index (κ3) is 3.32. The van der Waals surface area contributed by atoms with Crippen LogP contribution in [-0.4, -0.2) is 22.0 Å². The number of aromatic nitrogens is 1. The third-order valence-electron chi connectivity index (χ3n) is 2.65. The quantitative estimate of drug-likeness (QED) is 0.777. The normalized spacial score (nSPS) is 10.0. The number of carbonyl (C=O) groups excluding carboxylic acids is 1. The fraction of sp³-hybridized carbons (Fsp3) is 0.0714. The van der Waals surface area contributed by atoms with Gasteiger partial charge < -0.3 is 16.2 Å². The number of carboxylic acid groups (broad SMARTS) is 1. The molecule has 1 heterocycles. The largest absolute Gasteiger partial charge is 0.478 e. The molecule has 6 nitrogen and oxygen atoms in total. The molecule has 1 aromatic carbocycles. The lowest BCUT2D eigenvalue weighted by molar-refractivity contribution is 0.0696. The van der Waals surface area contributed by atoms with Crippen LogP contribution in [0, 0.1) is 0 Å². The van der Waals surface area contributed by atoms with Crippen molar-refractivity contribution in [1.29, 1.82) is 0 Å². The Hall–Kier alpha value is -2.89. The van der Waals surface area contributed by atoms with Crippen LogP contribution >= 0.6 is 0 Å². The number of aromatic carboxylic acids is 1. The number of hydrogen-bond donors (Lipinski definition) is 3. The van der Waals surface area contributed by atoms with Crippen molar-refractivity contribution in [3.63, 3.8) is 0 Å². The lowest BCUT2D eigenvalue weighted by atomic mass is 10.1. The van der Waals surface area contributed by atoms with Crippen LogP contribution in [0.3, 0.4) is 0 Å². The summed E-state index contributed by atoms with van der Waals surface area (Å²) in [4.78, 5) is 26.6. The molecule has 0 fully saturated rings. The SMILES string of the molecule is Nc1ccc(C(=O)NCc2cccc(C(=O)O)c2)nc1. The van der Waals surface area contributed by atoms with Crippen LogP contribution in [0.1, 0.15) is 26.4 Å². The van der Waals surface area contributed by atoms with Crippen LogP contribution < -0.4 is 11.1 Å². The van der Waals surface area contributed by atoms with E-state index in [9.17, 15) is 9.59 Å². The van der Waals surface area contributed by atoms with E-state index in [1.165, 1.54) is 24.4 Å². The number of anilines is 1. The highest BCUT2D eigenvalue weighted by Crippen LogP contribution is 2.06. The van der Waals surface area contributed by atoms with E-state index < -0.39 is 5.97 Å². The number of nitrogens with two attached hydrogens (primary N) is 1. The Balaban J connectivity index is 2.01. The number of carboxylic acids is 1. The first-order valence-electron chi connectivity index (χ1n) is 5.88. The molecule has 0 bridgehead atoms. The molecule has 0 aliphatic carbocycles.